The Hall–Kier alpha value is -1.85. The third-order valence-electron chi connectivity index (χ3n) is 1.98. The lowest BCUT2D eigenvalue weighted by atomic mass is 10.3. The molecule has 0 amide bonds. The molecule has 2 N–H and O–H groups in total. The molecule has 0 aliphatic heterocycles. The van der Waals surface area contributed by atoms with Crippen molar-refractivity contribution in [2.24, 2.45) is 0 Å². The molecule has 0 unspecified atom stereocenters. The van der Waals surface area contributed by atoms with Crippen LogP contribution in [0, 0.1) is 11.3 Å². The van der Waals surface area contributed by atoms with Gasteiger partial charge in [0.15, 0.2) is 10.0 Å². The fourth-order valence-corrected chi connectivity index (χ4v) is 2.79. The Kier molecular flexibility index (Phi) is 3.64. The summed E-state index contributed by atoms with van der Waals surface area (Å²) in [7, 11) is 3.81. The van der Waals surface area contributed by atoms with Crippen LogP contribution in [0.15, 0.2) is 21.5 Å². The second kappa shape index (κ2) is 5.20. The van der Waals surface area contributed by atoms with Crippen LogP contribution >= 0.6 is 23.1 Å². The summed E-state index contributed by atoms with van der Waals surface area (Å²) in [5, 5.41) is 18.4. The molecule has 0 bridgehead atoms. The summed E-state index contributed by atoms with van der Waals surface area (Å²) >= 11 is 2.83. The van der Waals surface area contributed by atoms with Crippen LogP contribution < -0.4 is 10.6 Å². The molecular weight excluding hydrogens is 268 g/mol. The van der Waals surface area contributed by atoms with Crippen molar-refractivity contribution in [1.82, 2.24) is 15.2 Å². The Bertz CT molecular complexity index is 601. The van der Waals surface area contributed by atoms with Crippen molar-refractivity contribution in [3.05, 3.63) is 17.8 Å². The lowest BCUT2D eigenvalue weighted by Crippen LogP contribution is -2.07. The second-order valence-corrected chi connectivity index (χ2v) is 5.77. The Morgan fingerprint density at radius 2 is 2.17 bits per heavy atom. The minimum atomic E-state index is 0.234. The quantitative estimate of drug-likeness (QED) is 0.911. The summed E-state index contributed by atoms with van der Waals surface area (Å²) in [6.07, 6.45) is 0. The van der Waals surface area contributed by atoms with Gasteiger partial charge in [0.05, 0.1) is 5.69 Å². The molecule has 0 spiro atoms. The van der Waals surface area contributed by atoms with Crippen LogP contribution in [-0.4, -0.2) is 29.3 Å². The standard InChI is InChI=1S/C10H10N6S2/c1-16(2)9-14-15-10(18-9)17-8-4-3-6(12)7(5-11)13-8/h3-4H,12H2,1-2H3. The van der Waals surface area contributed by atoms with E-state index in [0.717, 1.165) is 9.47 Å². The lowest BCUT2D eigenvalue weighted by Gasteiger charge is -2.03. The number of nitrogens with zero attached hydrogens (tertiary/aromatic N) is 5. The monoisotopic (exact) mass is 278 g/mol. The van der Waals surface area contributed by atoms with E-state index in [-0.39, 0.29) is 5.69 Å². The maximum atomic E-state index is 8.85. The molecule has 92 valence electrons. The molecule has 0 radical (unpaired) electrons. The van der Waals surface area contributed by atoms with E-state index < -0.39 is 0 Å². The first-order valence-corrected chi connectivity index (χ1v) is 6.58. The summed E-state index contributed by atoms with van der Waals surface area (Å²) in [5.41, 5.74) is 6.23. The molecule has 2 aromatic heterocycles. The first-order valence-electron chi connectivity index (χ1n) is 4.95. The van der Waals surface area contributed by atoms with Gasteiger partial charge in [-0.3, -0.25) is 0 Å². The number of nitriles is 1. The zero-order chi connectivity index (χ0) is 13.1. The van der Waals surface area contributed by atoms with Gasteiger partial charge < -0.3 is 10.6 Å². The minimum Gasteiger partial charge on any atom is -0.396 e. The Morgan fingerprint density at radius 1 is 1.39 bits per heavy atom. The number of nitrogens with two attached hydrogens (primary N) is 1. The highest BCUT2D eigenvalue weighted by Crippen LogP contribution is 2.32. The molecule has 0 atom stereocenters. The SMILES string of the molecule is CN(C)c1nnc(Sc2ccc(N)c(C#N)n2)s1. The molecule has 6 nitrogen and oxygen atoms in total. The van der Waals surface area contributed by atoms with E-state index in [1.165, 1.54) is 23.1 Å². The summed E-state index contributed by atoms with van der Waals surface area (Å²) in [6.45, 7) is 0. The van der Waals surface area contributed by atoms with E-state index in [9.17, 15) is 0 Å². The van der Waals surface area contributed by atoms with Crippen LogP contribution in [0.3, 0.4) is 0 Å². The topological polar surface area (TPSA) is 91.7 Å². The van der Waals surface area contributed by atoms with E-state index in [0.29, 0.717) is 10.7 Å². The van der Waals surface area contributed by atoms with E-state index in [1.807, 2.05) is 25.1 Å². The van der Waals surface area contributed by atoms with Gasteiger partial charge in [-0.15, -0.1) is 10.2 Å². The molecule has 0 aliphatic carbocycles. The van der Waals surface area contributed by atoms with Crippen molar-refractivity contribution in [2.45, 2.75) is 9.37 Å². The maximum absolute atomic E-state index is 8.85. The van der Waals surface area contributed by atoms with Gasteiger partial charge in [0.2, 0.25) is 5.13 Å². The van der Waals surface area contributed by atoms with Gasteiger partial charge in [-0.1, -0.05) is 11.3 Å². The largest absolute Gasteiger partial charge is 0.396 e. The van der Waals surface area contributed by atoms with Gasteiger partial charge in [0.25, 0.3) is 0 Å². The number of pyridine rings is 1. The predicted octanol–water partition coefficient (Wildman–Crippen LogP) is 1.60. The van der Waals surface area contributed by atoms with Gasteiger partial charge in [0, 0.05) is 14.1 Å². The third-order valence-corrected chi connectivity index (χ3v) is 4.06. The number of anilines is 2. The average Bonchev–Trinajstić information content (AvgIpc) is 2.80. The first-order chi connectivity index (χ1) is 8.60. The van der Waals surface area contributed by atoms with Crippen molar-refractivity contribution in [1.29, 1.82) is 5.26 Å². The summed E-state index contributed by atoms with van der Waals surface area (Å²) in [5.74, 6) is 0. The Morgan fingerprint density at radius 3 is 2.78 bits per heavy atom. The predicted molar refractivity (Wildman–Crippen MR) is 71.7 cm³/mol. The van der Waals surface area contributed by atoms with Crippen LogP contribution in [0.4, 0.5) is 10.8 Å². The van der Waals surface area contributed by atoms with E-state index in [4.69, 9.17) is 11.0 Å². The van der Waals surface area contributed by atoms with Gasteiger partial charge in [0.1, 0.15) is 11.1 Å². The molecule has 0 saturated heterocycles. The average molecular weight is 278 g/mol. The zero-order valence-corrected chi connectivity index (χ0v) is 11.4. The van der Waals surface area contributed by atoms with Crippen LogP contribution in [0.25, 0.3) is 0 Å². The third kappa shape index (κ3) is 2.69. The summed E-state index contributed by atoms with van der Waals surface area (Å²) in [4.78, 5) is 6.03. The molecule has 0 fully saturated rings. The molecular formula is C10H10N6S2. The van der Waals surface area contributed by atoms with Crippen LogP contribution in [0.5, 0.6) is 0 Å². The molecule has 0 aliphatic rings. The molecule has 0 saturated carbocycles. The number of aromatic nitrogens is 3. The number of hydrogen-bond donors (Lipinski definition) is 1. The maximum Gasteiger partial charge on any atom is 0.208 e. The highest BCUT2D eigenvalue weighted by molar-refractivity contribution is 8.01. The van der Waals surface area contributed by atoms with Gasteiger partial charge in [-0.05, 0) is 23.9 Å². The fourth-order valence-electron chi connectivity index (χ4n) is 1.11. The molecule has 2 aromatic rings. The zero-order valence-electron chi connectivity index (χ0n) is 9.78. The van der Waals surface area contributed by atoms with Crippen molar-refractivity contribution < 1.29 is 0 Å². The highest BCUT2D eigenvalue weighted by atomic mass is 32.2. The van der Waals surface area contributed by atoms with Crippen molar-refractivity contribution >= 4 is 33.9 Å². The smallest absolute Gasteiger partial charge is 0.208 e. The number of rotatable bonds is 3. The highest BCUT2D eigenvalue weighted by Gasteiger charge is 2.09. The number of hydrogen-bond acceptors (Lipinski definition) is 8. The molecule has 8 heteroatoms. The normalized spacial score (nSPS) is 10.1. The van der Waals surface area contributed by atoms with E-state index in [1.54, 1.807) is 12.1 Å². The van der Waals surface area contributed by atoms with Crippen LogP contribution in [-0.2, 0) is 0 Å². The molecule has 0 aromatic carbocycles. The van der Waals surface area contributed by atoms with E-state index in [2.05, 4.69) is 15.2 Å². The van der Waals surface area contributed by atoms with Crippen molar-refractivity contribution in [2.75, 3.05) is 24.7 Å². The lowest BCUT2D eigenvalue weighted by molar-refractivity contribution is 0.970. The minimum absolute atomic E-state index is 0.234. The molecule has 18 heavy (non-hydrogen) atoms. The first kappa shape index (κ1) is 12.6. The van der Waals surface area contributed by atoms with Crippen molar-refractivity contribution in [3.63, 3.8) is 0 Å². The van der Waals surface area contributed by atoms with Gasteiger partial charge >= 0.3 is 0 Å². The van der Waals surface area contributed by atoms with Crippen LogP contribution in [0.2, 0.25) is 0 Å². The summed E-state index contributed by atoms with van der Waals surface area (Å²) in [6, 6.07) is 5.38. The summed E-state index contributed by atoms with van der Waals surface area (Å²) < 4.78 is 0.778. The van der Waals surface area contributed by atoms with Crippen molar-refractivity contribution in [3.8, 4) is 6.07 Å². The number of nitrogen functional groups attached to an aromatic ring is 1. The van der Waals surface area contributed by atoms with Crippen LogP contribution in [0.1, 0.15) is 5.69 Å². The molecule has 2 rings (SSSR count). The van der Waals surface area contributed by atoms with Gasteiger partial charge in [-0.25, -0.2) is 4.98 Å². The van der Waals surface area contributed by atoms with Gasteiger partial charge in [-0.2, -0.15) is 5.26 Å². The Labute approximate surface area is 112 Å². The molecule has 2 heterocycles. The Balaban J connectivity index is 2.21. The second-order valence-electron chi connectivity index (χ2n) is 3.55. The van der Waals surface area contributed by atoms with E-state index >= 15 is 0 Å². The fraction of sp³-hybridized carbons (Fsp3) is 0.200.